The van der Waals surface area contributed by atoms with Crippen LogP contribution in [0.3, 0.4) is 0 Å². The number of nitrogens with one attached hydrogen (secondary N) is 5. The molecule has 23 nitrogen and oxygen atoms in total. The van der Waals surface area contributed by atoms with Crippen molar-refractivity contribution in [3.05, 3.63) is 0 Å². The number of nitrogens with two attached hydrogens (primary N) is 4. The average molecular weight is 1620 g/mol. The number of halogens is 3. The smallest absolute Gasteiger partial charge is 0.326 e. The number of thiol groups is 1. The molecule has 108 heavy (non-hydrogen) atoms. The molecule has 0 aliphatic rings. The van der Waals surface area contributed by atoms with Crippen molar-refractivity contribution >= 4 is 103 Å². The molecule has 15 N–H and O–H groups in total. The second-order valence-electron chi connectivity index (χ2n) is 29.5. The third-order valence-corrected chi connectivity index (χ3v) is 20.2. The molecule has 0 saturated heterocycles. The number of aliphatic hydroxyl groups excluding tert-OH is 1. The Hall–Kier alpha value is -3.75. The summed E-state index contributed by atoms with van der Waals surface area (Å²) in [5, 5.41) is 35.1. The van der Waals surface area contributed by atoms with Crippen molar-refractivity contribution in [1.29, 1.82) is 0 Å². The molecule has 0 rings (SSSR count). The molecular formula is C81H159Cl3N10O13S. The molecule has 0 aromatic carbocycles. The van der Waals surface area contributed by atoms with Gasteiger partial charge in [-0.3, -0.25) is 38.4 Å². The highest BCUT2D eigenvalue weighted by atomic mass is 35.5. The van der Waals surface area contributed by atoms with Crippen molar-refractivity contribution in [2.45, 2.75) is 410 Å². The van der Waals surface area contributed by atoms with Gasteiger partial charge in [0.25, 0.3) is 0 Å². The lowest BCUT2D eigenvalue weighted by Gasteiger charge is -2.35. The van der Waals surface area contributed by atoms with Crippen molar-refractivity contribution in [3.63, 3.8) is 0 Å². The van der Waals surface area contributed by atoms with Crippen LogP contribution in [-0.2, 0) is 52.6 Å². The summed E-state index contributed by atoms with van der Waals surface area (Å²) < 4.78 is 11.9. The van der Waals surface area contributed by atoms with Crippen LogP contribution in [0, 0.1) is 0 Å². The van der Waals surface area contributed by atoms with E-state index in [9.17, 15) is 43.8 Å². The number of hydrogen-bond donors (Lipinski definition) is 12. The van der Waals surface area contributed by atoms with Gasteiger partial charge in [0.15, 0.2) is 6.10 Å². The summed E-state index contributed by atoms with van der Waals surface area (Å²) in [6.07, 6.45) is 46.1. The van der Waals surface area contributed by atoms with Gasteiger partial charge < -0.3 is 74.1 Å². The Balaban J connectivity index is -0.0000180. The number of carboxylic acids is 1. The van der Waals surface area contributed by atoms with Gasteiger partial charge in [-0.15, -0.1) is 37.2 Å². The first-order chi connectivity index (χ1) is 51.0. The van der Waals surface area contributed by atoms with Crippen molar-refractivity contribution in [2.75, 3.05) is 51.7 Å². The van der Waals surface area contributed by atoms with E-state index in [4.69, 9.17) is 32.4 Å². The van der Waals surface area contributed by atoms with Gasteiger partial charge in [0.1, 0.15) is 42.9 Å². The number of ether oxygens (including phenoxy) is 2. The number of aliphatic hydroxyl groups is 1. The number of unbranched alkanes of at least 4 members (excludes halogenated alkanes) is 40. The molecule has 0 aliphatic heterocycles. The fourth-order valence-corrected chi connectivity index (χ4v) is 13.4. The van der Waals surface area contributed by atoms with E-state index < -0.39 is 115 Å². The highest BCUT2D eigenvalue weighted by Gasteiger charge is 2.39. The maximum absolute atomic E-state index is 15.3. The molecule has 0 fully saturated rings. The molecule has 1 unspecified atom stereocenters. The van der Waals surface area contributed by atoms with E-state index in [1.54, 1.807) is 0 Å². The number of aliphatic carboxylic acids is 1. The van der Waals surface area contributed by atoms with Crippen molar-refractivity contribution in [2.24, 2.45) is 22.9 Å². The molecule has 6 amide bonds. The van der Waals surface area contributed by atoms with Crippen LogP contribution in [0.2, 0.25) is 0 Å². The van der Waals surface area contributed by atoms with E-state index in [1.165, 1.54) is 154 Å². The fraction of sp³-hybridized carbons (Fsp3) is 0.889. The highest BCUT2D eigenvalue weighted by molar-refractivity contribution is 7.80. The van der Waals surface area contributed by atoms with Crippen LogP contribution >= 0.6 is 49.8 Å². The van der Waals surface area contributed by atoms with E-state index in [1.807, 2.05) is 0 Å². The van der Waals surface area contributed by atoms with Gasteiger partial charge in [-0.25, -0.2) is 4.79 Å². The van der Waals surface area contributed by atoms with Crippen molar-refractivity contribution < 1.29 is 62.8 Å². The number of carbonyl (C=O) groups is 9. The van der Waals surface area contributed by atoms with E-state index in [0.29, 0.717) is 83.7 Å². The zero-order valence-corrected chi connectivity index (χ0v) is 71.0. The predicted octanol–water partition coefficient (Wildman–Crippen LogP) is 14.3. The number of carboxylic acid groups (broad SMARTS) is 1. The van der Waals surface area contributed by atoms with Gasteiger partial charge in [-0.1, -0.05) is 252 Å². The Morgan fingerprint density at radius 1 is 0.361 bits per heavy atom. The van der Waals surface area contributed by atoms with Crippen LogP contribution in [0.4, 0.5) is 0 Å². The molecule has 0 aliphatic carbocycles. The van der Waals surface area contributed by atoms with Gasteiger partial charge in [-0.05, 0) is 122 Å². The molecule has 638 valence electrons. The Morgan fingerprint density at radius 3 is 0.954 bits per heavy atom. The molecule has 0 saturated carbocycles. The van der Waals surface area contributed by atoms with Crippen LogP contribution in [0.5, 0.6) is 0 Å². The van der Waals surface area contributed by atoms with Crippen LogP contribution in [0.25, 0.3) is 0 Å². The molecule has 0 aromatic heterocycles. The van der Waals surface area contributed by atoms with Gasteiger partial charge in [0.2, 0.25) is 35.4 Å². The maximum atomic E-state index is 15.3. The summed E-state index contributed by atoms with van der Waals surface area (Å²) in [7, 11) is 0. The number of rotatable bonds is 77. The molecule has 0 spiro atoms. The topological polar surface area (TPSA) is 380 Å². The lowest BCUT2D eigenvalue weighted by molar-refractivity contribution is -0.163. The lowest BCUT2D eigenvalue weighted by atomic mass is 10.0. The van der Waals surface area contributed by atoms with E-state index >= 15 is 9.59 Å². The molecule has 0 aromatic rings. The normalized spacial score (nSPS) is 13.0. The lowest BCUT2D eigenvalue weighted by Crippen LogP contribution is -2.62. The molecule has 0 heterocycles. The standard InChI is InChI=1S/C81H156N10O13S.3ClH/c1-4-7-10-13-16-19-22-25-28-31-34-37-40-55-73(93)86-71(65-105)80(100)91(62-66(104-75(95)57-42-39-36-33-30-27-24-21-18-15-12-9-6-3)64-103-74(94)56-41-38-35-32-29-26-23-20-17-14-11-8-5-2)72(63-92)79(99)89-69(53-45-49-60-84)77(97)87-67(51-43-47-58-82)76(96)88-68(52-44-48-59-83)78(98)90-70(81(101)102)54-46-50-61-85;;;/h66-72,92,105H,4-65,82-85H2,1-3H3,(H,86,93)(H,87,97)(H,88,96)(H,89,99)(H,90,98)(H,101,102);3*1H/t66?,67-,68-,69-,70-,71-,72-;;;/m0.../s1. The number of esters is 2. The number of carbonyl (C=O) groups excluding carboxylic acids is 8. The number of amides is 6. The quantitative estimate of drug-likeness (QED) is 0.0153. The third kappa shape index (κ3) is 61.8. The average Bonchev–Trinajstić information content (AvgIpc) is 0.827. The molecule has 0 bridgehead atoms. The number of nitrogens with zero attached hydrogens (tertiary/aromatic N) is 1. The van der Waals surface area contributed by atoms with Gasteiger partial charge in [0.05, 0.1) is 13.2 Å². The molecule has 0 radical (unpaired) electrons. The Kier molecular flexibility index (Phi) is 81.8. The second kappa shape index (κ2) is 79.9. The summed E-state index contributed by atoms with van der Waals surface area (Å²) in [5.41, 5.74) is 23.3. The van der Waals surface area contributed by atoms with Crippen LogP contribution < -0.4 is 49.5 Å². The van der Waals surface area contributed by atoms with E-state index in [-0.39, 0.29) is 101 Å². The summed E-state index contributed by atoms with van der Waals surface area (Å²) in [6, 6.07) is -8.33. The minimum absolute atomic E-state index is 0. The van der Waals surface area contributed by atoms with Crippen LogP contribution in [-0.4, -0.2) is 163 Å². The highest BCUT2D eigenvalue weighted by Crippen LogP contribution is 2.20. The van der Waals surface area contributed by atoms with Gasteiger partial charge in [-0.2, -0.15) is 12.6 Å². The fourth-order valence-electron chi connectivity index (χ4n) is 13.2. The second-order valence-corrected chi connectivity index (χ2v) is 29.9. The summed E-state index contributed by atoms with van der Waals surface area (Å²) in [5.74, 6) is -7.24. The zero-order valence-electron chi connectivity index (χ0n) is 67.7. The minimum Gasteiger partial charge on any atom is -0.480 e. The van der Waals surface area contributed by atoms with Crippen LogP contribution in [0.15, 0.2) is 0 Å². The SMILES string of the molecule is CCCCCCCCCCCCCCCC(=O)N[C@@H](CS)C(=O)N(CC(COC(=O)CCCCCCCCCCCCCCC)OC(=O)CCCCCCCCCCCCCCC)[C@@H](CO)C(=O)N[C@@H](CCCCN)C(=O)N[C@@H](CCCCN)C(=O)N[C@@H](CCCCN)C(=O)N[C@@H](CCCCN)C(=O)O.Cl.Cl.Cl. The monoisotopic (exact) mass is 1620 g/mol. The van der Waals surface area contributed by atoms with E-state index in [2.05, 4.69) is 60.0 Å². The summed E-state index contributed by atoms with van der Waals surface area (Å²) in [6.45, 7) is 5.71. The predicted molar refractivity (Wildman–Crippen MR) is 449 cm³/mol. The van der Waals surface area contributed by atoms with E-state index in [0.717, 1.165) is 81.9 Å². The number of hydrogen-bond acceptors (Lipinski definition) is 17. The van der Waals surface area contributed by atoms with Crippen molar-refractivity contribution in [1.82, 2.24) is 31.5 Å². The largest absolute Gasteiger partial charge is 0.480 e. The van der Waals surface area contributed by atoms with Gasteiger partial charge >= 0.3 is 17.9 Å². The minimum atomic E-state index is -1.80. The first kappa shape index (κ1) is 111. The summed E-state index contributed by atoms with van der Waals surface area (Å²) in [4.78, 5) is 128. The first-order valence-corrected chi connectivity index (χ1v) is 43.1. The Labute approximate surface area is 678 Å². The third-order valence-electron chi connectivity index (χ3n) is 19.9. The van der Waals surface area contributed by atoms with Gasteiger partial charge in [0, 0.05) is 25.0 Å². The maximum Gasteiger partial charge on any atom is 0.326 e. The van der Waals surface area contributed by atoms with Crippen LogP contribution in [0.1, 0.15) is 367 Å². The van der Waals surface area contributed by atoms with Crippen molar-refractivity contribution in [3.8, 4) is 0 Å². The summed E-state index contributed by atoms with van der Waals surface area (Å²) >= 11 is 4.53. The molecule has 27 heteroatoms. The molecule has 7 atom stereocenters. The first-order valence-electron chi connectivity index (χ1n) is 42.4. The Bertz CT molecular complexity index is 2210. The zero-order chi connectivity index (χ0) is 77.6. The Morgan fingerprint density at radius 2 is 0.648 bits per heavy atom. The molecular weight excluding hydrogens is 1460 g/mol.